The minimum atomic E-state index is -4.10. The minimum absolute atomic E-state index is 0.0540. The first-order valence-electron chi connectivity index (χ1n) is 10.2. The molecule has 30 heavy (non-hydrogen) atoms. The zero-order chi connectivity index (χ0) is 21.3. The summed E-state index contributed by atoms with van der Waals surface area (Å²) < 4.78 is 44.2. The van der Waals surface area contributed by atoms with E-state index in [1.165, 1.54) is 0 Å². The molecular formula is C22H23F3N2O3. The van der Waals surface area contributed by atoms with Gasteiger partial charge in [-0.2, -0.15) is 13.2 Å². The van der Waals surface area contributed by atoms with Gasteiger partial charge in [-0.05, 0) is 56.2 Å². The molecule has 0 aliphatic heterocycles. The topological polar surface area (TPSA) is 72.3 Å². The molecule has 8 heteroatoms. The van der Waals surface area contributed by atoms with Crippen LogP contribution in [0.4, 0.5) is 13.2 Å². The molecule has 0 amide bonds. The lowest BCUT2D eigenvalue weighted by atomic mass is 9.82. The number of carbonyl (C=O) groups is 1. The normalized spacial score (nSPS) is 26.2. The maximum absolute atomic E-state index is 12.8. The average Bonchev–Trinajstić information content (AvgIpc) is 3.54. The number of carboxylic acid groups (broad SMARTS) is 1. The quantitative estimate of drug-likeness (QED) is 0.706. The molecule has 0 aromatic carbocycles. The van der Waals surface area contributed by atoms with Crippen LogP contribution in [0.25, 0.3) is 11.3 Å². The van der Waals surface area contributed by atoms with Crippen LogP contribution in [-0.4, -0.2) is 33.8 Å². The van der Waals surface area contributed by atoms with Crippen LogP contribution in [-0.2, 0) is 4.79 Å². The lowest BCUT2D eigenvalue weighted by molar-refractivity contribution is -0.184. The predicted molar refractivity (Wildman–Crippen MR) is 103 cm³/mol. The van der Waals surface area contributed by atoms with E-state index in [1.54, 1.807) is 12.4 Å². The summed E-state index contributed by atoms with van der Waals surface area (Å²) in [4.78, 5) is 19.9. The van der Waals surface area contributed by atoms with Gasteiger partial charge in [-0.3, -0.25) is 14.8 Å². The maximum Gasteiger partial charge on any atom is 0.391 e. The highest BCUT2D eigenvalue weighted by Gasteiger charge is 2.45. The van der Waals surface area contributed by atoms with Crippen molar-refractivity contribution >= 4 is 5.97 Å². The van der Waals surface area contributed by atoms with E-state index < -0.39 is 18.1 Å². The Kier molecular flexibility index (Phi) is 5.66. The summed E-state index contributed by atoms with van der Waals surface area (Å²) in [6.45, 7) is 0.367. The monoisotopic (exact) mass is 420 g/mol. The van der Waals surface area contributed by atoms with Gasteiger partial charge in [0.2, 0.25) is 0 Å². The summed E-state index contributed by atoms with van der Waals surface area (Å²) in [6, 6.07) is 7.33. The predicted octanol–water partition coefficient (Wildman–Crippen LogP) is 5.08. The van der Waals surface area contributed by atoms with Crippen molar-refractivity contribution in [1.82, 2.24) is 9.97 Å². The van der Waals surface area contributed by atoms with Gasteiger partial charge in [-0.25, -0.2) is 0 Å². The highest BCUT2D eigenvalue weighted by Crippen LogP contribution is 2.47. The minimum Gasteiger partial charge on any atom is -0.492 e. The molecule has 160 valence electrons. The van der Waals surface area contributed by atoms with Gasteiger partial charge >= 0.3 is 12.1 Å². The first-order valence-corrected chi connectivity index (χ1v) is 10.2. The van der Waals surface area contributed by atoms with E-state index in [2.05, 4.69) is 9.97 Å². The highest BCUT2D eigenvalue weighted by atomic mass is 19.4. The Hall–Kier alpha value is -2.64. The molecular weight excluding hydrogens is 397 g/mol. The zero-order valence-electron chi connectivity index (χ0n) is 16.3. The van der Waals surface area contributed by atoms with Crippen LogP contribution in [0.2, 0.25) is 0 Å². The summed E-state index contributed by atoms with van der Waals surface area (Å²) in [7, 11) is 0. The highest BCUT2D eigenvalue weighted by molar-refractivity contribution is 5.75. The molecule has 4 rings (SSSR count). The molecule has 0 spiro atoms. The molecule has 2 aliphatic rings. The number of pyridine rings is 2. The van der Waals surface area contributed by atoms with Crippen molar-refractivity contribution in [2.24, 2.45) is 17.8 Å². The third-order valence-corrected chi connectivity index (χ3v) is 6.06. The number of hydrogen-bond donors (Lipinski definition) is 1. The van der Waals surface area contributed by atoms with Gasteiger partial charge < -0.3 is 9.84 Å². The Morgan fingerprint density at radius 3 is 2.60 bits per heavy atom. The van der Waals surface area contributed by atoms with E-state index in [1.807, 2.05) is 24.3 Å². The molecule has 0 bridgehead atoms. The number of nitrogens with zero attached hydrogens (tertiary/aromatic N) is 2. The summed E-state index contributed by atoms with van der Waals surface area (Å²) in [5.74, 6) is -1.75. The first-order chi connectivity index (χ1) is 14.3. The van der Waals surface area contributed by atoms with Crippen LogP contribution >= 0.6 is 0 Å². The second kappa shape index (κ2) is 8.24. The molecule has 2 aromatic heterocycles. The second-order valence-corrected chi connectivity index (χ2v) is 8.21. The Labute approximate surface area is 172 Å². The molecule has 2 aromatic rings. The molecule has 0 unspecified atom stereocenters. The lowest BCUT2D eigenvalue weighted by Gasteiger charge is -2.29. The molecule has 2 saturated carbocycles. The molecule has 0 saturated heterocycles. The summed E-state index contributed by atoms with van der Waals surface area (Å²) in [5, 5.41) is 9.12. The van der Waals surface area contributed by atoms with Crippen molar-refractivity contribution in [1.29, 1.82) is 0 Å². The van der Waals surface area contributed by atoms with E-state index >= 15 is 0 Å². The molecule has 2 fully saturated rings. The first kappa shape index (κ1) is 20.6. The summed E-state index contributed by atoms with van der Waals surface area (Å²) >= 11 is 0. The van der Waals surface area contributed by atoms with E-state index in [9.17, 15) is 18.0 Å². The van der Waals surface area contributed by atoms with E-state index in [0.29, 0.717) is 37.3 Å². The number of rotatable bonds is 6. The van der Waals surface area contributed by atoms with Crippen molar-refractivity contribution < 1.29 is 27.8 Å². The van der Waals surface area contributed by atoms with E-state index in [-0.39, 0.29) is 30.6 Å². The fraction of sp³-hybridized carbons (Fsp3) is 0.500. The van der Waals surface area contributed by atoms with Gasteiger partial charge in [-0.1, -0.05) is 6.07 Å². The van der Waals surface area contributed by atoms with Crippen molar-refractivity contribution in [3.8, 4) is 17.0 Å². The number of alkyl halides is 3. The van der Waals surface area contributed by atoms with Crippen LogP contribution in [0, 0.1) is 17.8 Å². The number of halogens is 3. The van der Waals surface area contributed by atoms with Crippen molar-refractivity contribution in [3.05, 3.63) is 42.4 Å². The summed E-state index contributed by atoms with van der Waals surface area (Å²) in [6.07, 6.45) is 1.07. The number of aromatic nitrogens is 2. The third kappa shape index (κ3) is 4.74. The Bertz CT molecular complexity index is 910. The molecule has 0 radical (unpaired) electrons. The Morgan fingerprint density at radius 2 is 1.93 bits per heavy atom. The van der Waals surface area contributed by atoms with Crippen molar-refractivity contribution in [3.63, 3.8) is 0 Å². The lowest BCUT2D eigenvalue weighted by Crippen LogP contribution is -2.29. The van der Waals surface area contributed by atoms with Gasteiger partial charge in [-0.15, -0.1) is 0 Å². The van der Waals surface area contributed by atoms with Crippen molar-refractivity contribution in [2.45, 2.75) is 44.2 Å². The van der Waals surface area contributed by atoms with Crippen molar-refractivity contribution in [2.75, 3.05) is 6.61 Å². The second-order valence-electron chi connectivity index (χ2n) is 8.21. The molecule has 2 aliphatic carbocycles. The van der Waals surface area contributed by atoms with Crippen LogP contribution in [0.3, 0.4) is 0 Å². The van der Waals surface area contributed by atoms with Gasteiger partial charge in [0.1, 0.15) is 5.75 Å². The SMILES string of the molecule is O=C(O)[C@H]1C[C@@H]1c1cccc(-c2cncc(OCC3CCC(C(F)(F)F)CC3)c2)n1. The van der Waals surface area contributed by atoms with Crippen LogP contribution in [0.15, 0.2) is 36.7 Å². The number of hydrogen-bond acceptors (Lipinski definition) is 4. The van der Waals surface area contributed by atoms with Gasteiger partial charge in [0.15, 0.2) is 0 Å². The number of ether oxygens (including phenoxy) is 1. The van der Waals surface area contributed by atoms with Gasteiger partial charge in [0, 0.05) is 23.4 Å². The molecule has 5 nitrogen and oxygen atoms in total. The van der Waals surface area contributed by atoms with Crippen LogP contribution in [0.1, 0.15) is 43.7 Å². The fourth-order valence-corrected chi connectivity index (χ4v) is 4.12. The Morgan fingerprint density at radius 1 is 1.17 bits per heavy atom. The summed E-state index contributed by atoms with van der Waals surface area (Å²) in [5.41, 5.74) is 2.20. The van der Waals surface area contributed by atoms with Crippen LogP contribution < -0.4 is 4.74 Å². The van der Waals surface area contributed by atoms with Gasteiger partial charge in [0.25, 0.3) is 0 Å². The number of aliphatic carboxylic acids is 1. The molecule has 2 heterocycles. The van der Waals surface area contributed by atoms with E-state index in [4.69, 9.17) is 9.84 Å². The smallest absolute Gasteiger partial charge is 0.391 e. The third-order valence-electron chi connectivity index (χ3n) is 6.06. The van der Waals surface area contributed by atoms with E-state index in [0.717, 1.165) is 11.3 Å². The number of carboxylic acids is 1. The molecule has 2 atom stereocenters. The maximum atomic E-state index is 12.8. The fourth-order valence-electron chi connectivity index (χ4n) is 4.12. The molecule has 1 N–H and O–H groups in total. The largest absolute Gasteiger partial charge is 0.492 e. The van der Waals surface area contributed by atoms with Gasteiger partial charge in [0.05, 0.1) is 30.3 Å². The van der Waals surface area contributed by atoms with Crippen LogP contribution in [0.5, 0.6) is 5.75 Å². The Balaban J connectivity index is 1.36. The zero-order valence-corrected chi connectivity index (χ0v) is 16.3. The standard InChI is InChI=1S/C22H23F3N2O3/c23-22(24,25)15-6-4-13(5-7-15)12-30-16-8-14(10-26-11-16)19-2-1-3-20(27-19)17-9-18(17)21(28)29/h1-3,8,10-11,13,15,17-18H,4-7,9,12H2,(H,28,29)/t13?,15?,17-,18-/m0/s1. The average molecular weight is 420 g/mol.